The van der Waals surface area contributed by atoms with E-state index in [4.69, 9.17) is 9.15 Å². The van der Waals surface area contributed by atoms with Crippen LogP contribution in [-0.4, -0.2) is 28.2 Å². The van der Waals surface area contributed by atoms with Crippen LogP contribution in [0.1, 0.15) is 23.3 Å². The Morgan fingerprint density at radius 2 is 1.87 bits per heavy atom. The highest BCUT2D eigenvalue weighted by atomic mass is 32.2. The average molecular weight is 437 g/mol. The van der Waals surface area contributed by atoms with Crippen LogP contribution in [0.2, 0.25) is 0 Å². The minimum atomic E-state index is -4.62. The van der Waals surface area contributed by atoms with Crippen LogP contribution in [0.25, 0.3) is 11.0 Å². The Hall–Kier alpha value is -2.36. The highest BCUT2D eigenvalue weighted by molar-refractivity contribution is 7.91. The van der Waals surface area contributed by atoms with Crippen LogP contribution in [0.5, 0.6) is 0 Å². The molecule has 1 aromatic heterocycles. The summed E-state index contributed by atoms with van der Waals surface area (Å²) in [4.78, 5) is -0.513. The maximum atomic E-state index is 13.0. The molecule has 5 nitrogen and oxygen atoms in total. The molecule has 0 radical (unpaired) electrons. The van der Waals surface area contributed by atoms with E-state index in [1.807, 2.05) is 0 Å². The van der Waals surface area contributed by atoms with Gasteiger partial charge in [-0.05, 0) is 43.2 Å². The summed E-state index contributed by atoms with van der Waals surface area (Å²) in [5.41, 5.74) is 0.0137. The molecule has 1 fully saturated rings. The van der Waals surface area contributed by atoms with Gasteiger partial charge in [-0.25, -0.2) is 8.42 Å². The monoisotopic (exact) mass is 437 g/mol. The summed E-state index contributed by atoms with van der Waals surface area (Å²) < 4.78 is 76.7. The van der Waals surface area contributed by atoms with Crippen molar-refractivity contribution in [3.05, 3.63) is 59.4 Å². The topological polar surface area (TPSA) is 68.5 Å². The zero-order valence-electron chi connectivity index (χ0n) is 15.8. The largest absolute Gasteiger partial charge is 0.459 e. The van der Waals surface area contributed by atoms with Gasteiger partial charge in [-0.3, -0.25) is 0 Å². The molecule has 5 rings (SSSR count). The third kappa shape index (κ3) is 2.95. The number of hydrogen-bond acceptors (Lipinski definition) is 5. The lowest BCUT2D eigenvalue weighted by atomic mass is 9.87. The summed E-state index contributed by atoms with van der Waals surface area (Å²) in [6.45, 7) is 1.85. The molecule has 2 aliphatic rings. The smallest absolute Gasteiger partial charge is 0.416 e. The minimum absolute atomic E-state index is 0.106. The van der Waals surface area contributed by atoms with Gasteiger partial charge >= 0.3 is 6.18 Å². The lowest BCUT2D eigenvalue weighted by molar-refractivity contribution is -0.137. The van der Waals surface area contributed by atoms with Crippen LogP contribution in [0.15, 0.2) is 56.7 Å². The van der Waals surface area contributed by atoms with Gasteiger partial charge in [0.25, 0.3) is 0 Å². The summed E-state index contributed by atoms with van der Waals surface area (Å²) in [5.74, 6) is 0.759. The van der Waals surface area contributed by atoms with E-state index in [1.54, 1.807) is 6.07 Å². The molecule has 30 heavy (non-hydrogen) atoms. The number of halogens is 3. The quantitative estimate of drug-likeness (QED) is 0.655. The Morgan fingerprint density at radius 3 is 2.60 bits per heavy atom. The summed E-state index contributed by atoms with van der Waals surface area (Å²) in [6.07, 6.45) is -3.13. The van der Waals surface area contributed by atoms with E-state index >= 15 is 0 Å². The average Bonchev–Trinajstić information content (AvgIpc) is 3.33. The van der Waals surface area contributed by atoms with Crippen molar-refractivity contribution in [2.75, 3.05) is 19.8 Å². The first-order valence-corrected chi connectivity index (χ1v) is 11.0. The second-order valence-electron chi connectivity index (χ2n) is 7.66. The number of alkyl halides is 3. The molecule has 2 aliphatic heterocycles. The normalized spacial score (nSPS) is 22.0. The number of fused-ring (bicyclic) bond motifs is 4. The van der Waals surface area contributed by atoms with Crippen LogP contribution >= 0.6 is 0 Å². The van der Waals surface area contributed by atoms with Crippen LogP contribution < -0.4 is 5.32 Å². The lowest BCUT2D eigenvalue weighted by Gasteiger charge is -2.31. The predicted molar refractivity (Wildman–Crippen MR) is 102 cm³/mol. The number of nitrogens with one attached hydrogen (secondary N) is 1. The molecule has 0 bridgehead atoms. The van der Waals surface area contributed by atoms with Gasteiger partial charge in [0.2, 0.25) is 9.84 Å². The fourth-order valence-electron chi connectivity index (χ4n) is 4.30. The van der Waals surface area contributed by atoms with Crippen LogP contribution in [-0.2, 0) is 32.7 Å². The second kappa shape index (κ2) is 6.57. The van der Waals surface area contributed by atoms with E-state index in [0.29, 0.717) is 24.9 Å². The zero-order chi connectivity index (χ0) is 21.1. The van der Waals surface area contributed by atoms with Gasteiger partial charge in [-0.15, -0.1) is 0 Å². The molecule has 9 heteroatoms. The van der Waals surface area contributed by atoms with Gasteiger partial charge in [0, 0.05) is 30.2 Å². The van der Waals surface area contributed by atoms with Crippen molar-refractivity contribution < 1.29 is 30.7 Å². The molecule has 0 saturated carbocycles. The Labute approximate surface area is 170 Å². The molecule has 2 aromatic carbocycles. The van der Waals surface area contributed by atoms with Crippen molar-refractivity contribution >= 4 is 20.8 Å². The third-order valence-electron chi connectivity index (χ3n) is 5.84. The molecule has 3 heterocycles. The summed E-state index contributed by atoms with van der Waals surface area (Å²) >= 11 is 0. The maximum absolute atomic E-state index is 13.0. The van der Waals surface area contributed by atoms with Gasteiger partial charge in [0.1, 0.15) is 16.9 Å². The highest BCUT2D eigenvalue weighted by Gasteiger charge is 2.44. The molecule has 1 unspecified atom stereocenters. The van der Waals surface area contributed by atoms with E-state index in [2.05, 4.69) is 5.32 Å². The number of sulfone groups is 1. The van der Waals surface area contributed by atoms with Crippen molar-refractivity contribution in [1.29, 1.82) is 0 Å². The minimum Gasteiger partial charge on any atom is -0.459 e. The first kappa shape index (κ1) is 19.6. The van der Waals surface area contributed by atoms with Gasteiger partial charge in [0.15, 0.2) is 0 Å². The Kier molecular flexibility index (Phi) is 4.29. The van der Waals surface area contributed by atoms with Gasteiger partial charge in [-0.2, -0.15) is 13.2 Å². The second-order valence-corrected chi connectivity index (χ2v) is 9.61. The van der Waals surface area contributed by atoms with Crippen LogP contribution in [0.4, 0.5) is 13.2 Å². The van der Waals surface area contributed by atoms with Gasteiger partial charge < -0.3 is 14.5 Å². The van der Waals surface area contributed by atoms with E-state index in [0.717, 1.165) is 54.3 Å². The number of hydrogen-bond donors (Lipinski definition) is 1. The number of rotatable bonds is 2. The van der Waals surface area contributed by atoms with Crippen molar-refractivity contribution in [2.24, 2.45) is 0 Å². The Morgan fingerprint density at radius 1 is 1.07 bits per heavy atom. The molecule has 1 atom stereocenters. The zero-order valence-corrected chi connectivity index (χ0v) is 16.6. The Balaban J connectivity index is 1.61. The molecule has 3 aromatic rings. The molecular weight excluding hydrogens is 419 g/mol. The van der Waals surface area contributed by atoms with E-state index in [1.165, 1.54) is 12.1 Å². The van der Waals surface area contributed by atoms with Crippen molar-refractivity contribution in [3.63, 3.8) is 0 Å². The van der Waals surface area contributed by atoms with Gasteiger partial charge in [0.05, 0.1) is 22.0 Å². The fourth-order valence-corrected chi connectivity index (χ4v) is 5.62. The Bertz CT molecular complexity index is 1240. The SMILES string of the molecule is O=S(=O)(c1cccc(C(F)(F)F)c1)c1ccc2c3c(oc2c1)C1(CCOC1)NCC3. The standard InChI is InChI=1S/C21H18F3NO4S/c22-21(23,24)13-2-1-3-14(10-13)30(26,27)15-4-5-16-17-6-8-25-20(7-9-28-12-20)19(17)29-18(16)11-15/h1-5,10-11,25H,6-9,12H2. The number of ether oxygens (including phenoxy) is 1. The lowest BCUT2D eigenvalue weighted by Crippen LogP contribution is -2.47. The fraction of sp³-hybridized carbons (Fsp3) is 0.333. The first-order chi connectivity index (χ1) is 14.2. The van der Waals surface area contributed by atoms with Crippen LogP contribution in [0.3, 0.4) is 0 Å². The number of benzene rings is 2. The molecule has 0 aliphatic carbocycles. The summed E-state index contributed by atoms with van der Waals surface area (Å²) in [6, 6.07) is 8.25. The molecule has 0 amide bonds. The summed E-state index contributed by atoms with van der Waals surface area (Å²) in [7, 11) is -4.14. The van der Waals surface area contributed by atoms with E-state index < -0.39 is 32.0 Å². The van der Waals surface area contributed by atoms with Crippen molar-refractivity contribution in [1.82, 2.24) is 5.32 Å². The first-order valence-electron chi connectivity index (χ1n) is 9.52. The molecular formula is C21H18F3NO4S. The molecule has 1 saturated heterocycles. The third-order valence-corrected chi connectivity index (χ3v) is 7.59. The molecule has 158 valence electrons. The van der Waals surface area contributed by atoms with E-state index in [9.17, 15) is 21.6 Å². The maximum Gasteiger partial charge on any atom is 0.416 e. The van der Waals surface area contributed by atoms with Crippen molar-refractivity contribution in [3.8, 4) is 0 Å². The highest BCUT2D eigenvalue weighted by Crippen LogP contribution is 2.41. The molecule has 1 spiro atoms. The van der Waals surface area contributed by atoms with E-state index in [-0.39, 0.29) is 4.90 Å². The predicted octanol–water partition coefficient (Wildman–Crippen LogP) is 4.05. The van der Waals surface area contributed by atoms with Crippen molar-refractivity contribution in [2.45, 2.75) is 34.3 Å². The summed E-state index contributed by atoms with van der Waals surface area (Å²) in [5, 5.41) is 4.28. The molecule has 1 N–H and O–H groups in total. The van der Waals surface area contributed by atoms with Gasteiger partial charge in [-0.1, -0.05) is 6.07 Å². The number of furan rings is 1. The van der Waals surface area contributed by atoms with Crippen LogP contribution in [0, 0.1) is 0 Å².